The standard InChI is InChI=1S/C27H27N3O/c31-26(23-11-5-4-10-22(23)19-7-2-1-3-8-19)27-24(21-9-6-14-28-17-21)18-29-25(27)20-12-15-30(27)16-13-20/h1-11,14,17,20,24-25,29H,12-13,15-16,18H2. The maximum atomic E-state index is 14.7. The molecule has 0 radical (unpaired) electrons. The lowest BCUT2D eigenvalue weighted by Gasteiger charge is -2.57. The molecule has 0 aliphatic carbocycles. The topological polar surface area (TPSA) is 45.2 Å². The average molecular weight is 410 g/mol. The van der Waals surface area contributed by atoms with Gasteiger partial charge < -0.3 is 5.32 Å². The molecule has 4 aliphatic heterocycles. The Bertz CT molecular complexity index is 1090. The zero-order valence-electron chi connectivity index (χ0n) is 17.6. The van der Waals surface area contributed by atoms with Gasteiger partial charge in [-0.05, 0) is 54.6 Å². The number of fused-ring (bicyclic) bond motifs is 2. The van der Waals surface area contributed by atoms with E-state index in [1.54, 1.807) is 0 Å². The van der Waals surface area contributed by atoms with Crippen molar-refractivity contribution in [1.29, 1.82) is 0 Å². The van der Waals surface area contributed by atoms with Gasteiger partial charge in [-0.1, -0.05) is 60.7 Å². The van der Waals surface area contributed by atoms with E-state index in [0.717, 1.165) is 41.9 Å². The molecule has 2 bridgehead atoms. The summed E-state index contributed by atoms with van der Waals surface area (Å²) in [5.41, 5.74) is 3.58. The minimum absolute atomic E-state index is 0.102. The molecular weight excluding hydrogens is 382 g/mol. The average Bonchev–Trinajstić information content (AvgIpc) is 3.29. The van der Waals surface area contributed by atoms with Gasteiger partial charge in [0, 0.05) is 36.5 Å². The summed E-state index contributed by atoms with van der Waals surface area (Å²) in [4.78, 5) is 21.6. The molecule has 7 rings (SSSR count). The molecular formula is C27H27N3O. The van der Waals surface area contributed by atoms with Gasteiger partial charge in [-0.2, -0.15) is 0 Å². The molecule has 4 nitrogen and oxygen atoms in total. The summed E-state index contributed by atoms with van der Waals surface area (Å²) in [6, 6.07) is 22.8. The minimum Gasteiger partial charge on any atom is -0.311 e. The van der Waals surface area contributed by atoms with Crippen LogP contribution in [0.2, 0.25) is 0 Å². The first-order valence-corrected chi connectivity index (χ1v) is 11.4. The fourth-order valence-electron chi connectivity index (χ4n) is 6.48. The summed E-state index contributed by atoms with van der Waals surface area (Å²) >= 11 is 0. The van der Waals surface area contributed by atoms with Crippen molar-refractivity contribution >= 4 is 5.78 Å². The highest BCUT2D eigenvalue weighted by atomic mass is 16.1. The van der Waals surface area contributed by atoms with E-state index in [1.807, 2.05) is 54.9 Å². The monoisotopic (exact) mass is 409 g/mol. The maximum absolute atomic E-state index is 14.7. The highest BCUT2D eigenvalue weighted by Crippen LogP contribution is 2.52. The highest BCUT2D eigenvalue weighted by Gasteiger charge is 2.65. The SMILES string of the molecule is O=C(c1ccccc1-c1ccccc1)C12C(c3cccnc3)CNC1C1CCN2CC1. The summed E-state index contributed by atoms with van der Waals surface area (Å²) in [6.07, 6.45) is 6.12. The number of ketones is 1. The van der Waals surface area contributed by atoms with Crippen molar-refractivity contribution in [1.82, 2.24) is 15.2 Å². The van der Waals surface area contributed by atoms with Crippen LogP contribution in [0.1, 0.15) is 34.7 Å². The van der Waals surface area contributed by atoms with Gasteiger partial charge in [-0.3, -0.25) is 14.7 Å². The Balaban J connectivity index is 1.53. The molecule has 0 amide bonds. The second-order valence-electron chi connectivity index (χ2n) is 9.12. The van der Waals surface area contributed by atoms with Crippen molar-refractivity contribution in [3.63, 3.8) is 0 Å². The van der Waals surface area contributed by atoms with Crippen molar-refractivity contribution < 1.29 is 4.79 Å². The van der Waals surface area contributed by atoms with Crippen molar-refractivity contribution in [2.24, 2.45) is 5.92 Å². The first kappa shape index (κ1) is 18.9. The third kappa shape index (κ3) is 2.75. The van der Waals surface area contributed by atoms with Crippen LogP contribution in [0.3, 0.4) is 0 Å². The van der Waals surface area contributed by atoms with Gasteiger partial charge in [0.25, 0.3) is 0 Å². The minimum atomic E-state index is -0.547. The number of aromatic nitrogens is 1. The smallest absolute Gasteiger partial charge is 0.185 e. The van der Waals surface area contributed by atoms with Crippen LogP contribution in [-0.4, -0.2) is 46.9 Å². The van der Waals surface area contributed by atoms with Crippen LogP contribution in [0.5, 0.6) is 0 Å². The molecule has 0 saturated carbocycles. The first-order chi connectivity index (χ1) is 15.3. The molecule has 1 aromatic heterocycles. The highest BCUT2D eigenvalue weighted by molar-refractivity contribution is 6.09. The second kappa shape index (κ2) is 7.40. The van der Waals surface area contributed by atoms with Crippen molar-refractivity contribution in [2.45, 2.75) is 30.3 Å². The number of hydrogen-bond acceptors (Lipinski definition) is 4. The number of carbonyl (C=O) groups excluding carboxylic acids is 1. The molecule has 156 valence electrons. The van der Waals surface area contributed by atoms with Crippen LogP contribution < -0.4 is 5.32 Å². The lowest BCUT2D eigenvalue weighted by Crippen LogP contribution is -2.72. The summed E-state index contributed by atoms with van der Waals surface area (Å²) in [7, 11) is 0. The van der Waals surface area contributed by atoms with E-state index >= 15 is 0 Å². The van der Waals surface area contributed by atoms with Gasteiger partial charge in [-0.15, -0.1) is 0 Å². The van der Waals surface area contributed by atoms with Crippen LogP contribution >= 0.6 is 0 Å². The fourth-order valence-corrected chi connectivity index (χ4v) is 6.48. The summed E-state index contributed by atoms with van der Waals surface area (Å²) in [6.45, 7) is 2.82. The lowest BCUT2D eigenvalue weighted by molar-refractivity contribution is -0.0312. The molecule has 4 aliphatic rings. The van der Waals surface area contributed by atoms with E-state index in [0.29, 0.717) is 5.92 Å². The molecule has 1 N–H and O–H groups in total. The van der Waals surface area contributed by atoms with Gasteiger partial charge in [0.15, 0.2) is 5.78 Å². The molecule has 31 heavy (non-hydrogen) atoms. The Morgan fingerprint density at radius 1 is 0.968 bits per heavy atom. The summed E-state index contributed by atoms with van der Waals surface area (Å²) < 4.78 is 0. The fraction of sp³-hybridized carbons (Fsp3) is 0.333. The Morgan fingerprint density at radius 2 is 1.74 bits per heavy atom. The number of benzene rings is 2. The van der Waals surface area contributed by atoms with Crippen molar-refractivity contribution in [2.75, 3.05) is 19.6 Å². The molecule has 0 spiro atoms. The Labute approximate surface area is 183 Å². The number of Topliss-reactive ketones (excluding diaryl/α,β-unsaturated/α-hetero) is 1. The first-order valence-electron chi connectivity index (χ1n) is 11.4. The largest absolute Gasteiger partial charge is 0.311 e. The van der Waals surface area contributed by atoms with E-state index in [4.69, 9.17) is 0 Å². The summed E-state index contributed by atoms with van der Waals surface area (Å²) in [5.74, 6) is 0.922. The Hall–Kier alpha value is -2.82. The molecule has 2 aromatic carbocycles. The van der Waals surface area contributed by atoms with E-state index in [9.17, 15) is 4.79 Å². The molecule has 4 saturated heterocycles. The number of carbonyl (C=O) groups is 1. The Kier molecular flexibility index (Phi) is 4.51. The number of rotatable bonds is 4. The molecule has 3 aromatic rings. The van der Waals surface area contributed by atoms with Crippen LogP contribution in [0.4, 0.5) is 0 Å². The normalized spacial score (nSPS) is 31.4. The van der Waals surface area contributed by atoms with Crippen LogP contribution in [-0.2, 0) is 0 Å². The third-order valence-corrected chi connectivity index (χ3v) is 7.79. The number of pyridine rings is 1. The quantitative estimate of drug-likeness (QED) is 0.658. The van der Waals surface area contributed by atoms with Crippen LogP contribution in [0, 0.1) is 5.92 Å². The van der Waals surface area contributed by atoms with E-state index in [2.05, 4.69) is 39.5 Å². The van der Waals surface area contributed by atoms with Gasteiger partial charge in [0.1, 0.15) is 5.54 Å². The third-order valence-electron chi connectivity index (χ3n) is 7.79. The number of nitrogens with zero attached hydrogens (tertiary/aromatic N) is 2. The molecule has 4 heteroatoms. The van der Waals surface area contributed by atoms with Gasteiger partial charge in [-0.25, -0.2) is 0 Å². The van der Waals surface area contributed by atoms with Crippen LogP contribution in [0.25, 0.3) is 11.1 Å². The number of nitrogens with one attached hydrogen (secondary N) is 1. The van der Waals surface area contributed by atoms with Gasteiger partial charge in [0.2, 0.25) is 0 Å². The van der Waals surface area contributed by atoms with E-state index in [-0.39, 0.29) is 17.7 Å². The number of hydrogen-bond donors (Lipinski definition) is 1. The molecule has 5 heterocycles. The lowest BCUT2D eigenvalue weighted by atomic mass is 9.62. The molecule has 3 unspecified atom stereocenters. The van der Waals surface area contributed by atoms with E-state index in [1.165, 1.54) is 12.8 Å². The Morgan fingerprint density at radius 3 is 2.52 bits per heavy atom. The molecule has 3 atom stereocenters. The predicted molar refractivity (Wildman–Crippen MR) is 122 cm³/mol. The maximum Gasteiger partial charge on any atom is 0.185 e. The zero-order valence-corrected chi connectivity index (χ0v) is 17.6. The second-order valence-corrected chi connectivity index (χ2v) is 9.12. The zero-order chi connectivity index (χ0) is 20.8. The van der Waals surface area contributed by atoms with Crippen molar-refractivity contribution in [3.05, 3.63) is 90.3 Å². The predicted octanol–water partition coefficient (Wildman–Crippen LogP) is 4.15. The summed E-state index contributed by atoms with van der Waals surface area (Å²) in [5, 5.41) is 3.80. The van der Waals surface area contributed by atoms with Gasteiger partial charge >= 0.3 is 0 Å². The number of piperidine rings is 3. The van der Waals surface area contributed by atoms with Crippen molar-refractivity contribution in [3.8, 4) is 11.1 Å². The molecule has 4 fully saturated rings. The van der Waals surface area contributed by atoms with Crippen LogP contribution in [0.15, 0.2) is 79.1 Å². The van der Waals surface area contributed by atoms with E-state index < -0.39 is 5.54 Å². The van der Waals surface area contributed by atoms with Gasteiger partial charge in [0.05, 0.1) is 0 Å².